The van der Waals surface area contributed by atoms with Gasteiger partial charge < -0.3 is 10.0 Å². The van der Waals surface area contributed by atoms with E-state index in [1.807, 2.05) is 31.2 Å². The van der Waals surface area contributed by atoms with Gasteiger partial charge in [-0.15, -0.1) is 0 Å². The number of urea groups is 1. The average Bonchev–Trinajstić information content (AvgIpc) is 2.36. The smallest absolute Gasteiger partial charge is 0.324 e. The number of aryl methyl sites for hydroxylation is 1. The van der Waals surface area contributed by atoms with E-state index < -0.39 is 11.9 Å². The molecule has 0 radical (unpaired) electrons. The van der Waals surface area contributed by atoms with Crippen LogP contribution in [0.5, 0.6) is 0 Å². The zero-order chi connectivity index (χ0) is 14.9. The molecule has 1 saturated heterocycles. The van der Waals surface area contributed by atoms with Gasteiger partial charge in [0.1, 0.15) is 0 Å². The third-order valence-electron chi connectivity index (χ3n) is 3.99. The summed E-state index contributed by atoms with van der Waals surface area (Å²) >= 11 is 0. The molecule has 0 saturated carbocycles. The molecule has 0 aliphatic carbocycles. The van der Waals surface area contributed by atoms with Crippen LogP contribution in [0.25, 0.3) is 0 Å². The van der Waals surface area contributed by atoms with Crippen LogP contribution in [-0.4, -0.2) is 42.1 Å². The highest BCUT2D eigenvalue weighted by Crippen LogP contribution is 2.26. The minimum Gasteiger partial charge on any atom is -0.481 e. The summed E-state index contributed by atoms with van der Waals surface area (Å²) in [4.78, 5) is 26.4. The molecule has 1 fully saturated rings. The van der Waals surface area contributed by atoms with E-state index in [0.717, 1.165) is 11.3 Å². The van der Waals surface area contributed by atoms with E-state index in [9.17, 15) is 9.59 Å². The van der Waals surface area contributed by atoms with Crippen molar-refractivity contribution in [2.24, 2.45) is 11.8 Å². The van der Waals surface area contributed by atoms with Crippen LogP contribution in [0, 0.1) is 18.8 Å². The molecule has 1 unspecified atom stereocenters. The van der Waals surface area contributed by atoms with E-state index >= 15 is 0 Å². The molecule has 0 spiro atoms. The molecular weight excluding hydrogens is 256 g/mol. The number of aliphatic carboxylic acids is 1. The van der Waals surface area contributed by atoms with Gasteiger partial charge in [0.15, 0.2) is 0 Å². The lowest BCUT2D eigenvalue weighted by Crippen LogP contribution is -2.56. The summed E-state index contributed by atoms with van der Waals surface area (Å²) < 4.78 is 0. The minimum absolute atomic E-state index is 0.0582. The number of carboxylic acid groups (broad SMARTS) is 1. The van der Waals surface area contributed by atoms with Crippen LogP contribution < -0.4 is 4.90 Å². The lowest BCUT2D eigenvalue weighted by molar-refractivity contribution is -0.144. The van der Waals surface area contributed by atoms with Crippen molar-refractivity contribution in [3.8, 4) is 0 Å². The van der Waals surface area contributed by atoms with Crippen molar-refractivity contribution in [3.05, 3.63) is 29.8 Å². The minimum atomic E-state index is -0.797. The molecule has 5 nitrogen and oxygen atoms in total. The van der Waals surface area contributed by atoms with Crippen LogP contribution in [0.1, 0.15) is 12.5 Å². The van der Waals surface area contributed by atoms with E-state index in [-0.39, 0.29) is 11.9 Å². The number of nitrogens with zero attached hydrogens (tertiary/aromatic N) is 2. The van der Waals surface area contributed by atoms with Crippen molar-refractivity contribution in [2.45, 2.75) is 13.8 Å². The van der Waals surface area contributed by atoms with E-state index in [4.69, 9.17) is 5.11 Å². The van der Waals surface area contributed by atoms with Gasteiger partial charge in [0.05, 0.1) is 5.92 Å². The Balaban J connectivity index is 1.93. The summed E-state index contributed by atoms with van der Waals surface area (Å²) in [5.41, 5.74) is 1.99. The van der Waals surface area contributed by atoms with Crippen LogP contribution in [0.2, 0.25) is 0 Å². The number of hydrogen-bond donors (Lipinski definition) is 1. The lowest BCUT2D eigenvalue weighted by atomic mass is 9.87. The summed E-state index contributed by atoms with van der Waals surface area (Å²) in [6, 6.07) is 7.66. The van der Waals surface area contributed by atoms with Gasteiger partial charge in [-0.05, 0) is 19.1 Å². The topological polar surface area (TPSA) is 60.9 Å². The molecule has 1 heterocycles. The van der Waals surface area contributed by atoms with Crippen molar-refractivity contribution >= 4 is 17.7 Å². The van der Waals surface area contributed by atoms with E-state index in [1.54, 1.807) is 23.8 Å². The first kappa shape index (κ1) is 14.4. The second-order valence-electron chi connectivity index (χ2n) is 5.47. The molecule has 108 valence electrons. The van der Waals surface area contributed by atoms with E-state index in [2.05, 4.69) is 0 Å². The monoisotopic (exact) mass is 276 g/mol. The number of anilines is 1. The van der Waals surface area contributed by atoms with Gasteiger partial charge >= 0.3 is 12.0 Å². The number of carboxylic acids is 1. The van der Waals surface area contributed by atoms with Gasteiger partial charge in [0.2, 0.25) is 0 Å². The Morgan fingerprint density at radius 1 is 1.30 bits per heavy atom. The van der Waals surface area contributed by atoms with Crippen molar-refractivity contribution < 1.29 is 14.7 Å². The lowest BCUT2D eigenvalue weighted by Gasteiger charge is -2.42. The predicted octanol–water partition coefficient (Wildman–Crippen LogP) is 2.20. The summed E-state index contributed by atoms with van der Waals surface area (Å²) in [5, 5.41) is 8.94. The number of amides is 2. The molecule has 1 aromatic carbocycles. The molecule has 1 aliphatic heterocycles. The molecule has 1 N–H and O–H groups in total. The maximum absolute atomic E-state index is 12.3. The number of rotatable bonds is 3. The van der Waals surface area contributed by atoms with Crippen LogP contribution in [0.4, 0.5) is 10.5 Å². The van der Waals surface area contributed by atoms with Crippen molar-refractivity contribution in [3.63, 3.8) is 0 Å². The Bertz CT molecular complexity index is 506. The molecule has 2 rings (SSSR count). The molecule has 0 aromatic heterocycles. The predicted molar refractivity (Wildman–Crippen MR) is 76.8 cm³/mol. The third kappa shape index (κ3) is 2.76. The Labute approximate surface area is 118 Å². The third-order valence-corrected chi connectivity index (χ3v) is 3.99. The number of benzene rings is 1. The second-order valence-corrected chi connectivity index (χ2v) is 5.47. The Kier molecular flexibility index (Phi) is 3.97. The first-order chi connectivity index (χ1) is 9.40. The van der Waals surface area contributed by atoms with E-state index in [0.29, 0.717) is 13.1 Å². The largest absolute Gasteiger partial charge is 0.481 e. The van der Waals surface area contributed by atoms with Gasteiger partial charge in [-0.2, -0.15) is 0 Å². The average molecular weight is 276 g/mol. The van der Waals surface area contributed by atoms with Gasteiger partial charge in [0, 0.05) is 31.7 Å². The number of hydrogen-bond acceptors (Lipinski definition) is 2. The van der Waals surface area contributed by atoms with Crippen molar-refractivity contribution in [2.75, 3.05) is 25.0 Å². The summed E-state index contributed by atoms with van der Waals surface area (Å²) in [7, 11) is 1.74. The molecule has 1 atom stereocenters. The Morgan fingerprint density at radius 3 is 2.35 bits per heavy atom. The maximum atomic E-state index is 12.3. The first-order valence-corrected chi connectivity index (χ1v) is 6.72. The fourth-order valence-electron chi connectivity index (χ4n) is 2.28. The second kappa shape index (κ2) is 5.53. The zero-order valence-corrected chi connectivity index (χ0v) is 12.0. The molecule has 1 aromatic rings. The van der Waals surface area contributed by atoms with Crippen LogP contribution in [0.15, 0.2) is 24.3 Å². The van der Waals surface area contributed by atoms with Crippen molar-refractivity contribution in [1.82, 2.24) is 4.90 Å². The number of likely N-dealkylation sites (tertiary alicyclic amines) is 1. The molecule has 2 amide bonds. The highest BCUT2D eigenvalue weighted by Gasteiger charge is 2.38. The quantitative estimate of drug-likeness (QED) is 0.920. The first-order valence-electron chi connectivity index (χ1n) is 6.72. The Hall–Kier alpha value is -2.04. The molecule has 20 heavy (non-hydrogen) atoms. The summed E-state index contributed by atoms with van der Waals surface area (Å²) in [6.07, 6.45) is 0. The number of carbonyl (C=O) groups is 2. The zero-order valence-electron chi connectivity index (χ0n) is 12.0. The summed E-state index contributed by atoms with van der Waals surface area (Å²) in [5.74, 6) is -1.14. The van der Waals surface area contributed by atoms with Gasteiger partial charge in [-0.3, -0.25) is 9.69 Å². The fraction of sp³-hybridized carbons (Fsp3) is 0.467. The van der Waals surface area contributed by atoms with Crippen LogP contribution in [-0.2, 0) is 4.79 Å². The van der Waals surface area contributed by atoms with Crippen LogP contribution in [0.3, 0.4) is 0 Å². The standard InChI is InChI=1S/C15H20N2O3/c1-10-4-6-13(7-5-10)16(3)15(20)17-8-12(9-17)11(2)14(18)19/h4-7,11-12H,8-9H2,1-3H3,(H,18,19). The van der Waals surface area contributed by atoms with Gasteiger partial charge in [-0.25, -0.2) is 4.79 Å². The molecule has 5 heteroatoms. The normalized spacial score (nSPS) is 16.4. The van der Waals surface area contributed by atoms with Gasteiger partial charge in [-0.1, -0.05) is 24.6 Å². The Morgan fingerprint density at radius 2 is 1.85 bits per heavy atom. The fourth-order valence-corrected chi connectivity index (χ4v) is 2.28. The SMILES string of the molecule is Cc1ccc(N(C)C(=O)N2CC(C(C)C(=O)O)C2)cc1. The highest BCUT2D eigenvalue weighted by molar-refractivity contribution is 5.92. The highest BCUT2D eigenvalue weighted by atomic mass is 16.4. The molecule has 1 aliphatic rings. The van der Waals surface area contributed by atoms with Crippen molar-refractivity contribution in [1.29, 1.82) is 0 Å². The van der Waals surface area contributed by atoms with Gasteiger partial charge in [0.25, 0.3) is 0 Å². The summed E-state index contributed by atoms with van der Waals surface area (Å²) in [6.45, 7) is 4.72. The number of carbonyl (C=O) groups excluding carboxylic acids is 1. The van der Waals surface area contributed by atoms with E-state index in [1.165, 1.54) is 0 Å². The van der Waals surface area contributed by atoms with Crippen LogP contribution >= 0.6 is 0 Å². The maximum Gasteiger partial charge on any atom is 0.324 e. The molecular formula is C15H20N2O3. The molecule has 0 bridgehead atoms.